The summed E-state index contributed by atoms with van der Waals surface area (Å²) in [6.45, 7) is 6.85. The van der Waals surface area contributed by atoms with Gasteiger partial charge in [-0.25, -0.2) is 9.97 Å². The van der Waals surface area contributed by atoms with E-state index in [-0.39, 0.29) is 18.4 Å². The van der Waals surface area contributed by atoms with Gasteiger partial charge in [-0.3, -0.25) is 9.59 Å². The molecule has 4 heterocycles. The molecule has 2 fully saturated rings. The third-order valence-corrected chi connectivity index (χ3v) is 6.20. The lowest BCUT2D eigenvalue weighted by molar-refractivity contribution is -0.122. The van der Waals surface area contributed by atoms with Crippen molar-refractivity contribution in [1.82, 2.24) is 20.2 Å². The number of hydrogen-bond acceptors (Lipinski definition) is 9. The van der Waals surface area contributed by atoms with Crippen molar-refractivity contribution in [1.29, 1.82) is 0 Å². The lowest BCUT2D eigenvalue weighted by atomic mass is 10.1. The Morgan fingerprint density at radius 1 is 1.11 bits per heavy atom. The Morgan fingerprint density at radius 2 is 1.80 bits per heavy atom. The monoisotopic (exact) mass is 540 g/mol. The summed E-state index contributed by atoms with van der Waals surface area (Å²) in [6, 6.07) is 6.11. The fraction of sp³-hybridized carbons (Fsp3) is 0.304. The van der Waals surface area contributed by atoms with Crippen molar-refractivity contribution in [2.75, 3.05) is 46.6 Å². The number of fused-ring (bicyclic) bond motifs is 1. The van der Waals surface area contributed by atoms with Crippen LogP contribution in [0.3, 0.4) is 0 Å². The van der Waals surface area contributed by atoms with Gasteiger partial charge in [0.25, 0.3) is 6.47 Å². The van der Waals surface area contributed by atoms with Gasteiger partial charge in [-0.2, -0.15) is 0 Å². The standard InChI is InChI=1S/C22H23BrN8O.CH2O2/c1-2-19(32)26-15-4-5-17-18(10-15)21(30-7-3-8-30)29-28-20(17)31-9-6-16(13-31)27-22-24-11-14(23)12-25-22;2-1-3/h2,4-5,10-12,16H,1,3,6-9,13H2,(H,26,32)(H,24,25,27);1H,(H,2,3)/t16-;/m1./s1. The maximum absolute atomic E-state index is 11.8. The van der Waals surface area contributed by atoms with Crippen LogP contribution in [0.15, 0.2) is 47.7 Å². The molecular weight excluding hydrogens is 516 g/mol. The third-order valence-electron chi connectivity index (χ3n) is 5.79. The Kier molecular flexibility index (Phi) is 7.70. The van der Waals surface area contributed by atoms with Crippen LogP contribution in [-0.4, -0.2) is 69.9 Å². The van der Waals surface area contributed by atoms with Gasteiger partial charge in [0.2, 0.25) is 11.9 Å². The van der Waals surface area contributed by atoms with Crippen LogP contribution >= 0.6 is 15.9 Å². The van der Waals surface area contributed by atoms with Crippen molar-refractivity contribution in [2.45, 2.75) is 18.9 Å². The Bertz CT molecular complexity index is 1220. The third kappa shape index (κ3) is 5.65. The molecule has 0 spiro atoms. The molecular formula is C23H25BrN8O3. The number of amides is 1. The molecule has 2 aliphatic heterocycles. The zero-order valence-corrected chi connectivity index (χ0v) is 20.5. The number of carbonyl (C=O) groups is 2. The first-order valence-electron chi connectivity index (χ1n) is 11.1. The second kappa shape index (κ2) is 11.1. The molecule has 0 unspecified atom stereocenters. The molecule has 182 valence electrons. The Morgan fingerprint density at radius 3 is 2.43 bits per heavy atom. The van der Waals surface area contributed by atoms with Gasteiger partial charge < -0.3 is 25.5 Å². The zero-order chi connectivity index (χ0) is 24.8. The Labute approximate surface area is 210 Å². The number of hydrogen-bond donors (Lipinski definition) is 3. The molecule has 1 atom stereocenters. The van der Waals surface area contributed by atoms with Crippen LogP contribution in [0.4, 0.5) is 23.3 Å². The minimum Gasteiger partial charge on any atom is -0.483 e. The molecule has 2 aliphatic rings. The van der Waals surface area contributed by atoms with Crippen LogP contribution in [0, 0.1) is 0 Å². The van der Waals surface area contributed by atoms with Gasteiger partial charge in [0.15, 0.2) is 11.6 Å². The summed E-state index contributed by atoms with van der Waals surface area (Å²) >= 11 is 3.36. The molecule has 0 bridgehead atoms. The van der Waals surface area contributed by atoms with E-state index in [0.29, 0.717) is 5.95 Å². The van der Waals surface area contributed by atoms with Crippen molar-refractivity contribution < 1.29 is 14.7 Å². The number of carboxylic acid groups (broad SMARTS) is 1. The maximum atomic E-state index is 11.8. The van der Waals surface area contributed by atoms with Gasteiger partial charge in [-0.15, -0.1) is 10.2 Å². The number of nitrogens with zero attached hydrogens (tertiary/aromatic N) is 6. The van der Waals surface area contributed by atoms with E-state index < -0.39 is 0 Å². The molecule has 12 heteroatoms. The number of aromatic nitrogens is 4. The van der Waals surface area contributed by atoms with Crippen LogP contribution in [0.5, 0.6) is 0 Å². The van der Waals surface area contributed by atoms with E-state index in [1.807, 2.05) is 18.2 Å². The first-order chi connectivity index (χ1) is 17.0. The highest BCUT2D eigenvalue weighted by molar-refractivity contribution is 9.10. The fourth-order valence-corrected chi connectivity index (χ4v) is 4.24. The highest BCUT2D eigenvalue weighted by Crippen LogP contribution is 2.35. The number of anilines is 4. The Hall–Kier alpha value is -3.80. The van der Waals surface area contributed by atoms with Gasteiger partial charge in [0.05, 0.1) is 4.47 Å². The first kappa shape index (κ1) is 24.3. The summed E-state index contributed by atoms with van der Waals surface area (Å²) in [6.07, 6.45) is 6.83. The van der Waals surface area contributed by atoms with Crippen LogP contribution in [0.25, 0.3) is 10.8 Å². The van der Waals surface area contributed by atoms with Gasteiger partial charge in [-0.05, 0) is 53.0 Å². The lowest BCUT2D eigenvalue weighted by Gasteiger charge is -2.33. The van der Waals surface area contributed by atoms with Crippen LogP contribution < -0.4 is 20.4 Å². The molecule has 11 nitrogen and oxygen atoms in total. The van der Waals surface area contributed by atoms with E-state index >= 15 is 0 Å². The van der Waals surface area contributed by atoms with Crippen LogP contribution in [0.1, 0.15) is 12.8 Å². The molecule has 2 aromatic heterocycles. The number of carbonyl (C=O) groups excluding carboxylic acids is 1. The molecule has 0 radical (unpaired) electrons. The smallest absolute Gasteiger partial charge is 0.290 e. The number of halogens is 1. The molecule has 3 aromatic rings. The van der Waals surface area contributed by atoms with Crippen molar-refractivity contribution in [2.24, 2.45) is 0 Å². The second-order valence-electron chi connectivity index (χ2n) is 8.05. The van der Waals surface area contributed by atoms with E-state index in [2.05, 4.69) is 63.1 Å². The Balaban J connectivity index is 0.000000917. The van der Waals surface area contributed by atoms with Crippen molar-refractivity contribution >= 4 is 62.4 Å². The van der Waals surface area contributed by atoms with Crippen LogP contribution in [-0.2, 0) is 9.59 Å². The van der Waals surface area contributed by atoms with Crippen molar-refractivity contribution in [3.63, 3.8) is 0 Å². The predicted octanol–water partition coefficient (Wildman–Crippen LogP) is 2.91. The number of nitrogens with one attached hydrogen (secondary N) is 2. The van der Waals surface area contributed by atoms with Crippen molar-refractivity contribution in [3.8, 4) is 0 Å². The molecule has 1 amide bonds. The van der Waals surface area contributed by atoms with Gasteiger partial charge in [-0.1, -0.05) is 6.58 Å². The van der Waals surface area contributed by atoms with Crippen LogP contribution in [0.2, 0.25) is 0 Å². The molecule has 3 N–H and O–H groups in total. The van der Waals surface area contributed by atoms with E-state index in [1.165, 1.54) is 6.08 Å². The van der Waals surface area contributed by atoms with E-state index in [1.54, 1.807) is 12.4 Å². The summed E-state index contributed by atoms with van der Waals surface area (Å²) in [5.41, 5.74) is 0.719. The maximum Gasteiger partial charge on any atom is 0.290 e. The molecule has 5 rings (SSSR count). The SMILES string of the molecule is C=CC(=O)Nc1ccc2c(N3CC[C@@H](Nc4ncc(Br)cn4)C3)nnc(N3CCC3)c2c1.O=CO. The highest BCUT2D eigenvalue weighted by Gasteiger charge is 2.28. The minimum absolute atomic E-state index is 0.217. The molecule has 1 aromatic carbocycles. The number of rotatable bonds is 6. The fourth-order valence-electron chi connectivity index (χ4n) is 4.03. The van der Waals surface area contributed by atoms with E-state index in [9.17, 15) is 4.79 Å². The summed E-state index contributed by atoms with van der Waals surface area (Å²) in [5.74, 6) is 2.10. The molecule has 2 saturated heterocycles. The quantitative estimate of drug-likeness (QED) is 0.316. The van der Waals surface area contributed by atoms with E-state index in [4.69, 9.17) is 9.90 Å². The predicted molar refractivity (Wildman–Crippen MR) is 138 cm³/mol. The van der Waals surface area contributed by atoms with E-state index in [0.717, 1.165) is 71.6 Å². The molecule has 0 saturated carbocycles. The van der Waals surface area contributed by atoms with Crippen molar-refractivity contribution in [3.05, 3.63) is 47.7 Å². The summed E-state index contributed by atoms with van der Waals surface area (Å²) in [5, 5.41) is 24.4. The largest absolute Gasteiger partial charge is 0.483 e. The average molecular weight is 541 g/mol. The highest BCUT2D eigenvalue weighted by atomic mass is 79.9. The first-order valence-corrected chi connectivity index (χ1v) is 11.9. The van der Waals surface area contributed by atoms with Gasteiger partial charge in [0, 0.05) is 61.1 Å². The molecule has 0 aliphatic carbocycles. The second-order valence-corrected chi connectivity index (χ2v) is 8.96. The summed E-state index contributed by atoms with van der Waals surface area (Å²) < 4.78 is 0.851. The number of benzene rings is 1. The topological polar surface area (TPSA) is 136 Å². The van der Waals surface area contributed by atoms with Gasteiger partial charge in [0.1, 0.15) is 0 Å². The summed E-state index contributed by atoms with van der Waals surface area (Å²) in [4.78, 5) is 33.2. The zero-order valence-electron chi connectivity index (χ0n) is 18.9. The summed E-state index contributed by atoms with van der Waals surface area (Å²) in [7, 11) is 0. The molecule has 35 heavy (non-hydrogen) atoms. The normalized spacial score (nSPS) is 16.7. The minimum atomic E-state index is -0.250. The van der Waals surface area contributed by atoms with Gasteiger partial charge >= 0.3 is 0 Å². The average Bonchev–Trinajstić information content (AvgIpc) is 3.28. The lowest BCUT2D eigenvalue weighted by Crippen LogP contribution is -2.38.